The minimum absolute atomic E-state index is 0.0487. The first-order chi connectivity index (χ1) is 8.90. The first-order valence-electron chi connectivity index (χ1n) is 6.62. The maximum atomic E-state index is 11.1. The van der Waals surface area contributed by atoms with Crippen LogP contribution in [0.25, 0.3) is 0 Å². The fraction of sp³-hybridized carbons (Fsp3) is 0.533. The Balaban J connectivity index is 2.64. The maximum Gasteiger partial charge on any atom is 0.320 e. The van der Waals surface area contributed by atoms with Crippen LogP contribution in [0.5, 0.6) is 5.75 Å². The molecule has 2 N–H and O–H groups in total. The highest BCUT2D eigenvalue weighted by Crippen LogP contribution is 2.15. The van der Waals surface area contributed by atoms with Gasteiger partial charge in [0.15, 0.2) is 0 Å². The van der Waals surface area contributed by atoms with Gasteiger partial charge in [-0.05, 0) is 37.5 Å². The van der Waals surface area contributed by atoms with Crippen LogP contribution in [0.3, 0.4) is 0 Å². The lowest BCUT2D eigenvalue weighted by atomic mass is 10.0. The zero-order chi connectivity index (χ0) is 14.4. The molecule has 0 saturated heterocycles. The Labute approximate surface area is 114 Å². The fourth-order valence-corrected chi connectivity index (χ4v) is 1.84. The van der Waals surface area contributed by atoms with E-state index in [0.717, 1.165) is 11.3 Å². The van der Waals surface area contributed by atoms with E-state index in [2.05, 4.69) is 5.32 Å². The van der Waals surface area contributed by atoms with Gasteiger partial charge >= 0.3 is 5.97 Å². The number of carboxylic acid groups (broad SMARTS) is 1. The predicted molar refractivity (Wildman–Crippen MR) is 75.3 cm³/mol. The van der Waals surface area contributed by atoms with Crippen molar-refractivity contribution in [2.24, 2.45) is 5.92 Å². The molecule has 4 nitrogen and oxygen atoms in total. The smallest absolute Gasteiger partial charge is 0.320 e. The first-order valence-corrected chi connectivity index (χ1v) is 6.62. The zero-order valence-corrected chi connectivity index (χ0v) is 12.0. The normalized spacial score (nSPS) is 12.7. The molecule has 0 fully saturated rings. The molecule has 0 spiro atoms. The lowest BCUT2D eigenvalue weighted by Crippen LogP contribution is -2.40. The summed E-state index contributed by atoms with van der Waals surface area (Å²) in [5, 5.41) is 12.2. The Bertz CT molecular complexity index is 416. The van der Waals surface area contributed by atoms with Crippen LogP contribution in [0.1, 0.15) is 33.3 Å². The lowest BCUT2D eigenvalue weighted by molar-refractivity contribution is -0.140. The largest absolute Gasteiger partial charge is 0.491 e. The number of carboxylic acids is 1. The standard InChI is InChI=1S/C15H23NO3/c1-10(2)14(15(17)18)16-9-12-6-5-7-13(8-12)19-11(3)4/h5-8,10-11,14,16H,9H2,1-4H3,(H,17,18)/t14-/m0/s1. The minimum Gasteiger partial charge on any atom is -0.491 e. The van der Waals surface area contributed by atoms with Gasteiger partial charge in [-0.2, -0.15) is 0 Å². The molecule has 1 aromatic carbocycles. The van der Waals surface area contributed by atoms with E-state index in [-0.39, 0.29) is 12.0 Å². The van der Waals surface area contributed by atoms with Gasteiger partial charge in [0.2, 0.25) is 0 Å². The number of rotatable bonds is 7. The van der Waals surface area contributed by atoms with Crippen LogP contribution >= 0.6 is 0 Å². The molecule has 106 valence electrons. The van der Waals surface area contributed by atoms with Crippen molar-refractivity contribution in [2.45, 2.75) is 46.4 Å². The van der Waals surface area contributed by atoms with Gasteiger partial charge in [-0.25, -0.2) is 0 Å². The van der Waals surface area contributed by atoms with Gasteiger partial charge in [0.25, 0.3) is 0 Å². The van der Waals surface area contributed by atoms with Crippen molar-refractivity contribution >= 4 is 5.97 Å². The van der Waals surface area contributed by atoms with E-state index in [9.17, 15) is 4.79 Å². The van der Waals surface area contributed by atoms with Crippen LogP contribution < -0.4 is 10.1 Å². The molecular weight excluding hydrogens is 242 g/mol. The van der Waals surface area contributed by atoms with Crippen LogP contribution in [0.15, 0.2) is 24.3 Å². The average Bonchev–Trinajstić information content (AvgIpc) is 2.27. The monoisotopic (exact) mass is 265 g/mol. The maximum absolute atomic E-state index is 11.1. The topological polar surface area (TPSA) is 58.6 Å². The molecule has 0 aliphatic carbocycles. The van der Waals surface area contributed by atoms with E-state index < -0.39 is 12.0 Å². The van der Waals surface area contributed by atoms with Crippen LogP contribution in [0.2, 0.25) is 0 Å². The van der Waals surface area contributed by atoms with Gasteiger partial charge < -0.3 is 15.2 Å². The van der Waals surface area contributed by atoms with E-state index in [1.807, 2.05) is 52.0 Å². The quantitative estimate of drug-likeness (QED) is 0.795. The van der Waals surface area contributed by atoms with Crippen LogP contribution in [0, 0.1) is 5.92 Å². The second-order valence-electron chi connectivity index (χ2n) is 5.25. The van der Waals surface area contributed by atoms with Crippen LogP contribution in [-0.2, 0) is 11.3 Å². The molecular formula is C15H23NO3. The molecule has 1 aromatic rings. The number of benzene rings is 1. The van der Waals surface area contributed by atoms with Gasteiger partial charge in [0, 0.05) is 6.54 Å². The molecule has 0 amide bonds. The Kier molecular flexibility index (Phi) is 5.83. The van der Waals surface area contributed by atoms with Crippen molar-refractivity contribution < 1.29 is 14.6 Å². The van der Waals surface area contributed by atoms with Crippen molar-refractivity contribution in [1.29, 1.82) is 0 Å². The summed E-state index contributed by atoms with van der Waals surface area (Å²) in [5.74, 6) is 0.0444. The highest BCUT2D eigenvalue weighted by Gasteiger charge is 2.20. The summed E-state index contributed by atoms with van der Waals surface area (Å²) in [7, 11) is 0. The summed E-state index contributed by atoms with van der Waals surface area (Å²) in [6.07, 6.45) is 0.130. The molecule has 0 aromatic heterocycles. The molecule has 0 saturated carbocycles. The SMILES string of the molecule is CC(C)Oc1cccc(CN[C@H](C(=O)O)C(C)C)c1. The Morgan fingerprint density at radius 3 is 2.53 bits per heavy atom. The van der Waals surface area contributed by atoms with Crippen molar-refractivity contribution in [3.63, 3.8) is 0 Å². The summed E-state index contributed by atoms with van der Waals surface area (Å²) < 4.78 is 5.61. The third kappa shape index (κ3) is 5.30. The van der Waals surface area contributed by atoms with Crippen molar-refractivity contribution in [2.75, 3.05) is 0 Å². The third-order valence-electron chi connectivity index (χ3n) is 2.73. The van der Waals surface area contributed by atoms with E-state index in [0.29, 0.717) is 6.54 Å². The first kappa shape index (κ1) is 15.5. The molecule has 0 bridgehead atoms. The lowest BCUT2D eigenvalue weighted by Gasteiger charge is -2.18. The molecule has 0 radical (unpaired) electrons. The molecule has 0 aliphatic rings. The Hall–Kier alpha value is -1.55. The Morgan fingerprint density at radius 2 is 2.00 bits per heavy atom. The zero-order valence-electron chi connectivity index (χ0n) is 12.0. The number of hydrogen-bond acceptors (Lipinski definition) is 3. The molecule has 19 heavy (non-hydrogen) atoms. The van der Waals surface area contributed by atoms with E-state index in [4.69, 9.17) is 9.84 Å². The molecule has 0 heterocycles. The second kappa shape index (κ2) is 7.14. The number of nitrogens with one attached hydrogen (secondary N) is 1. The molecule has 0 aliphatic heterocycles. The molecule has 1 rings (SSSR count). The van der Waals surface area contributed by atoms with E-state index in [1.165, 1.54) is 0 Å². The highest BCUT2D eigenvalue weighted by atomic mass is 16.5. The van der Waals surface area contributed by atoms with Gasteiger partial charge in [0.05, 0.1) is 6.10 Å². The average molecular weight is 265 g/mol. The van der Waals surface area contributed by atoms with Crippen molar-refractivity contribution in [1.82, 2.24) is 5.32 Å². The number of hydrogen-bond donors (Lipinski definition) is 2. The minimum atomic E-state index is -0.815. The molecule has 1 atom stereocenters. The summed E-state index contributed by atoms with van der Waals surface area (Å²) in [4.78, 5) is 11.1. The highest BCUT2D eigenvalue weighted by molar-refractivity contribution is 5.73. The molecule has 0 unspecified atom stereocenters. The predicted octanol–water partition coefficient (Wildman–Crippen LogP) is 2.67. The van der Waals surface area contributed by atoms with E-state index in [1.54, 1.807) is 0 Å². The summed E-state index contributed by atoms with van der Waals surface area (Å²) in [5.41, 5.74) is 1.02. The Morgan fingerprint density at radius 1 is 1.32 bits per heavy atom. The van der Waals surface area contributed by atoms with E-state index >= 15 is 0 Å². The fourth-order valence-electron chi connectivity index (χ4n) is 1.84. The van der Waals surface area contributed by atoms with Gasteiger partial charge in [-0.1, -0.05) is 26.0 Å². The second-order valence-corrected chi connectivity index (χ2v) is 5.25. The van der Waals surface area contributed by atoms with Gasteiger partial charge in [-0.3, -0.25) is 4.79 Å². The summed E-state index contributed by atoms with van der Waals surface area (Å²) in [6.45, 7) is 8.26. The van der Waals surface area contributed by atoms with Crippen molar-refractivity contribution in [3.8, 4) is 5.75 Å². The van der Waals surface area contributed by atoms with Gasteiger partial charge in [-0.15, -0.1) is 0 Å². The molecule has 4 heteroatoms. The third-order valence-corrected chi connectivity index (χ3v) is 2.73. The number of aliphatic carboxylic acids is 1. The summed E-state index contributed by atoms with van der Waals surface area (Å²) in [6, 6.07) is 7.18. The summed E-state index contributed by atoms with van der Waals surface area (Å²) >= 11 is 0. The number of carbonyl (C=O) groups is 1. The van der Waals surface area contributed by atoms with Crippen molar-refractivity contribution in [3.05, 3.63) is 29.8 Å². The van der Waals surface area contributed by atoms with Crippen LogP contribution in [-0.4, -0.2) is 23.2 Å². The van der Waals surface area contributed by atoms with Crippen LogP contribution in [0.4, 0.5) is 0 Å². The van der Waals surface area contributed by atoms with Gasteiger partial charge in [0.1, 0.15) is 11.8 Å². The number of ether oxygens (including phenoxy) is 1.